The van der Waals surface area contributed by atoms with Crippen molar-refractivity contribution in [3.8, 4) is 5.75 Å². The van der Waals surface area contributed by atoms with E-state index in [1.165, 1.54) is 0 Å². The van der Waals surface area contributed by atoms with Gasteiger partial charge in [-0.25, -0.2) is 0 Å². The summed E-state index contributed by atoms with van der Waals surface area (Å²) in [5.41, 5.74) is 2.28. The van der Waals surface area contributed by atoms with Crippen LogP contribution in [0.3, 0.4) is 0 Å². The summed E-state index contributed by atoms with van der Waals surface area (Å²) in [6.07, 6.45) is 0.521. The minimum absolute atomic E-state index is 0.0378. The van der Waals surface area contributed by atoms with Gasteiger partial charge in [-0.15, -0.1) is 0 Å². The Hall–Kier alpha value is -2.29. The Bertz CT molecular complexity index is 609. The first-order valence-electron chi connectivity index (χ1n) is 6.76. The molecule has 1 saturated heterocycles. The van der Waals surface area contributed by atoms with E-state index in [1.807, 2.05) is 36.4 Å². The van der Waals surface area contributed by atoms with E-state index in [0.29, 0.717) is 6.42 Å². The van der Waals surface area contributed by atoms with E-state index >= 15 is 0 Å². The van der Waals surface area contributed by atoms with Gasteiger partial charge in [-0.3, -0.25) is 4.79 Å². The molecule has 102 valence electrons. The number of carbonyl (C=O) groups is 1. The molecule has 0 aromatic heterocycles. The minimum Gasteiger partial charge on any atom is -0.497 e. The van der Waals surface area contributed by atoms with Crippen molar-refractivity contribution in [2.75, 3.05) is 7.11 Å². The zero-order valence-corrected chi connectivity index (χ0v) is 11.4. The SMILES string of the molecule is COc1cccc(C2CC(=O)NC2c2ccccc2)c1. The first-order chi connectivity index (χ1) is 9.78. The predicted molar refractivity (Wildman–Crippen MR) is 77.7 cm³/mol. The zero-order valence-electron chi connectivity index (χ0n) is 11.4. The van der Waals surface area contributed by atoms with Gasteiger partial charge in [0.25, 0.3) is 0 Å². The van der Waals surface area contributed by atoms with E-state index in [1.54, 1.807) is 7.11 Å². The molecule has 1 amide bonds. The summed E-state index contributed by atoms with van der Waals surface area (Å²) >= 11 is 0. The molecule has 1 aliphatic rings. The second-order valence-corrected chi connectivity index (χ2v) is 5.04. The number of carbonyl (C=O) groups excluding carboxylic acids is 1. The highest BCUT2D eigenvalue weighted by molar-refractivity contribution is 5.80. The third-order valence-corrected chi connectivity index (χ3v) is 3.80. The quantitative estimate of drug-likeness (QED) is 0.928. The third kappa shape index (κ3) is 2.39. The van der Waals surface area contributed by atoms with Gasteiger partial charge in [0.2, 0.25) is 5.91 Å². The van der Waals surface area contributed by atoms with Crippen molar-refractivity contribution < 1.29 is 9.53 Å². The molecule has 3 heteroatoms. The molecule has 1 N–H and O–H groups in total. The van der Waals surface area contributed by atoms with E-state index in [2.05, 4.69) is 23.5 Å². The summed E-state index contributed by atoms with van der Waals surface area (Å²) in [5, 5.41) is 3.08. The van der Waals surface area contributed by atoms with Gasteiger partial charge < -0.3 is 10.1 Å². The van der Waals surface area contributed by atoms with Gasteiger partial charge in [0, 0.05) is 12.3 Å². The first-order valence-corrected chi connectivity index (χ1v) is 6.76. The van der Waals surface area contributed by atoms with Crippen LogP contribution in [0.5, 0.6) is 5.75 Å². The molecule has 2 atom stereocenters. The highest BCUT2D eigenvalue weighted by atomic mass is 16.5. The van der Waals surface area contributed by atoms with Crippen molar-refractivity contribution in [3.05, 3.63) is 65.7 Å². The molecule has 2 unspecified atom stereocenters. The lowest BCUT2D eigenvalue weighted by atomic mass is 9.88. The first kappa shape index (κ1) is 12.7. The van der Waals surface area contributed by atoms with Crippen LogP contribution in [-0.4, -0.2) is 13.0 Å². The second-order valence-electron chi connectivity index (χ2n) is 5.04. The monoisotopic (exact) mass is 267 g/mol. The van der Waals surface area contributed by atoms with Crippen molar-refractivity contribution in [1.29, 1.82) is 0 Å². The highest BCUT2D eigenvalue weighted by Crippen LogP contribution is 2.39. The molecule has 1 aliphatic heterocycles. The number of hydrogen-bond donors (Lipinski definition) is 1. The number of ether oxygens (including phenoxy) is 1. The Labute approximate surface area is 118 Å². The molecule has 0 saturated carbocycles. The Morgan fingerprint density at radius 3 is 2.55 bits per heavy atom. The van der Waals surface area contributed by atoms with Crippen LogP contribution in [0.15, 0.2) is 54.6 Å². The van der Waals surface area contributed by atoms with Crippen LogP contribution in [0.4, 0.5) is 0 Å². The molecule has 3 rings (SSSR count). The topological polar surface area (TPSA) is 38.3 Å². The van der Waals surface area contributed by atoms with Crippen LogP contribution >= 0.6 is 0 Å². The van der Waals surface area contributed by atoms with E-state index in [-0.39, 0.29) is 17.9 Å². The number of nitrogens with one attached hydrogen (secondary N) is 1. The predicted octanol–water partition coefficient (Wildman–Crippen LogP) is 3.04. The molecule has 2 aromatic rings. The summed E-state index contributed by atoms with van der Waals surface area (Å²) in [6.45, 7) is 0. The molecular weight excluding hydrogens is 250 g/mol. The van der Waals surface area contributed by atoms with Crippen LogP contribution in [0, 0.1) is 0 Å². The fourth-order valence-corrected chi connectivity index (χ4v) is 2.81. The molecule has 0 aliphatic carbocycles. The maximum Gasteiger partial charge on any atom is 0.221 e. The Morgan fingerprint density at radius 2 is 1.80 bits per heavy atom. The minimum atomic E-state index is 0.0378. The van der Waals surface area contributed by atoms with Crippen molar-refractivity contribution >= 4 is 5.91 Å². The average Bonchev–Trinajstić information content (AvgIpc) is 2.90. The van der Waals surface area contributed by atoms with Crippen molar-refractivity contribution in [2.45, 2.75) is 18.4 Å². The maximum atomic E-state index is 11.8. The molecule has 0 radical (unpaired) electrons. The van der Waals surface area contributed by atoms with Crippen LogP contribution in [0.2, 0.25) is 0 Å². The largest absolute Gasteiger partial charge is 0.497 e. The Kier molecular flexibility index (Phi) is 3.42. The van der Waals surface area contributed by atoms with Gasteiger partial charge in [-0.1, -0.05) is 42.5 Å². The summed E-state index contributed by atoms with van der Waals surface area (Å²) in [7, 11) is 1.66. The Morgan fingerprint density at radius 1 is 1.05 bits per heavy atom. The molecule has 2 aromatic carbocycles. The summed E-state index contributed by atoms with van der Waals surface area (Å²) in [6, 6.07) is 18.1. The number of rotatable bonds is 3. The normalized spacial score (nSPS) is 21.6. The van der Waals surface area contributed by atoms with E-state index < -0.39 is 0 Å². The molecule has 0 spiro atoms. The van der Waals surface area contributed by atoms with E-state index in [4.69, 9.17) is 4.74 Å². The average molecular weight is 267 g/mol. The standard InChI is InChI=1S/C17H17NO2/c1-20-14-9-5-8-13(10-14)15-11-16(19)18-17(15)12-6-3-2-4-7-12/h2-10,15,17H,11H2,1H3,(H,18,19). The van der Waals surface area contributed by atoms with Crippen molar-refractivity contribution in [1.82, 2.24) is 5.32 Å². The number of methoxy groups -OCH3 is 1. The fraction of sp³-hybridized carbons (Fsp3) is 0.235. The third-order valence-electron chi connectivity index (χ3n) is 3.80. The summed E-state index contributed by atoms with van der Waals surface area (Å²) in [5.74, 6) is 1.08. The van der Waals surface area contributed by atoms with Crippen LogP contribution < -0.4 is 10.1 Å². The number of hydrogen-bond acceptors (Lipinski definition) is 2. The van der Waals surface area contributed by atoms with Gasteiger partial charge >= 0.3 is 0 Å². The fourth-order valence-electron chi connectivity index (χ4n) is 2.81. The van der Waals surface area contributed by atoms with Gasteiger partial charge in [0.05, 0.1) is 13.2 Å². The van der Waals surface area contributed by atoms with Gasteiger partial charge in [0.15, 0.2) is 0 Å². The molecule has 1 fully saturated rings. The van der Waals surface area contributed by atoms with Crippen molar-refractivity contribution in [2.24, 2.45) is 0 Å². The van der Waals surface area contributed by atoms with Gasteiger partial charge in [0.1, 0.15) is 5.75 Å². The highest BCUT2D eigenvalue weighted by Gasteiger charge is 2.34. The van der Waals surface area contributed by atoms with Crippen LogP contribution in [-0.2, 0) is 4.79 Å². The van der Waals surface area contributed by atoms with Gasteiger partial charge in [-0.05, 0) is 23.3 Å². The molecular formula is C17H17NO2. The summed E-state index contributed by atoms with van der Waals surface area (Å²) < 4.78 is 5.28. The lowest BCUT2D eigenvalue weighted by Gasteiger charge is -2.20. The van der Waals surface area contributed by atoms with Crippen molar-refractivity contribution in [3.63, 3.8) is 0 Å². The maximum absolute atomic E-state index is 11.8. The zero-order chi connectivity index (χ0) is 13.9. The van der Waals surface area contributed by atoms with E-state index in [0.717, 1.165) is 16.9 Å². The molecule has 3 nitrogen and oxygen atoms in total. The number of amides is 1. The smallest absolute Gasteiger partial charge is 0.221 e. The number of benzene rings is 2. The molecule has 20 heavy (non-hydrogen) atoms. The van der Waals surface area contributed by atoms with Gasteiger partial charge in [-0.2, -0.15) is 0 Å². The molecule has 0 bridgehead atoms. The van der Waals surface area contributed by atoms with Crippen LogP contribution in [0.25, 0.3) is 0 Å². The second kappa shape index (κ2) is 5.37. The molecule has 1 heterocycles. The lowest BCUT2D eigenvalue weighted by Crippen LogP contribution is -2.20. The summed E-state index contributed by atoms with van der Waals surface area (Å²) in [4.78, 5) is 11.8. The lowest BCUT2D eigenvalue weighted by molar-refractivity contribution is -0.119. The Balaban J connectivity index is 1.96. The van der Waals surface area contributed by atoms with Crippen LogP contribution in [0.1, 0.15) is 29.5 Å². The van der Waals surface area contributed by atoms with E-state index in [9.17, 15) is 4.79 Å².